The van der Waals surface area contributed by atoms with Crippen LogP contribution in [0.2, 0.25) is 0 Å². The number of hydrogen-bond acceptors (Lipinski definition) is 3. The lowest BCUT2D eigenvalue weighted by molar-refractivity contribution is 0.291. The normalized spacial score (nSPS) is 18.3. The van der Waals surface area contributed by atoms with Crippen LogP contribution >= 0.6 is 0 Å². The van der Waals surface area contributed by atoms with Crippen molar-refractivity contribution in [3.05, 3.63) is 29.8 Å². The van der Waals surface area contributed by atoms with Gasteiger partial charge in [-0.2, -0.15) is 0 Å². The van der Waals surface area contributed by atoms with E-state index in [2.05, 4.69) is 25.8 Å². The molecule has 0 fully saturated rings. The fourth-order valence-electron chi connectivity index (χ4n) is 1.92. The van der Waals surface area contributed by atoms with E-state index in [1.54, 1.807) is 0 Å². The number of aliphatic imine (C=N–C) groups is 1. The first kappa shape index (κ1) is 13.9. The van der Waals surface area contributed by atoms with Crippen LogP contribution in [0.5, 0.6) is 5.75 Å². The van der Waals surface area contributed by atoms with Crippen LogP contribution in [-0.4, -0.2) is 25.2 Å². The molecule has 3 nitrogen and oxygen atoms in total. The fourth-order valence-corrected chi connectivity index (χ4v) is 1.92. The van der Waals surface area contributed by atoms with Crippen molar-refractivity contribution in [1.29, 1.82) is 0 Å². The highest BCUT2D eigenvalue weighted by Gasteiger charge is 2.22. The number of rotatable bonds is 6. The van der Waals surface area contributed by atoms with Crippen molar-refractivity contribution in [2.75, 3.05) is 13.2 Å². The van der Waals surface area contributed by atoms with Crippen molar-refractivity contribution < 1.29 is 9.47 Å². The number of hydrogen-bond donors (Lipinski definition) is 0. The van der Waals surface area contributed by atoms with Gasteiger partial charge in [-0.1, -0.05) is 27.2 Å². The van der Waals surface area contributed by atoms with Gasteiger partial charge in [-0.15, -0.1) is 0 Å². The van der Waals surface area contributed by atoms with Crippen LogP contribution < -0.4 is 4.74 Å². The van der Waals surface area contributed by atoms with Crippen LogP contribution in [-0.2, 0) is 4.74 Å². The number of nitrogens with zero attached hydrogens (tertiary/aromatic N) is 1. The Kier molecular flexibility index (Phi) is 4.83. The Balaban J connectivity index is 1.97. The Hall–Kier alpha value is -1.51. The van der Waals surface area contributed by atoms with E-state index in [1.165, 1.54) is 0 Å². The van der Waals surface area contributed by atoms with Crippen molar-refractivity contribution in [1.82, 2.24) is 0 Å². The molecular weight excluding hydrogens is 238 g/mol. The number of ether oxygens (including phenoxy) is 2. The lowest BCUT2D eigenvalue weighted by Crippen LogP contribution is -2.13. The summed E-state index contributed by atoms with van der Waals surface area (Å²) in [5.74, 6) is 2.20. The molecule has 0 saturated heterocycles. The van der Waals surface area contributed by atoms with Crippen molar-refractivity contribution >= 4 is 5.90 Å². The average molecular weight is 261 g/mol. The summed E-state index contributed by atoms with van der Waals surface area (Å²) in [6.45, 7) is 7.98. The molecule has 0 aromatic heterocycles. The van der Waals surface area contributed by atoms with Crippen molar-refractivity contribution in [2.45, 2.75) is 39.7 Å². The standard InChI is InChI=1S/C16H23NO2/c1-4-5-10-18-14-8-6-13(7-9-14)16-17-15(11-19-16)12(2)3/h6-9,12,15H,4-5,10-11H2,1-3H3/t15-/m1/s1. The minimum Gasteiger partial charge on any atom is -0.494 e. The van der Waals surface area contributed by atoms with Gasteiger partial charge >= 0.3 is 0 Å². The summed E-state index contributed by atoms with van der Waals surface area (Å²) in [6, 6.07) is 8.29. The predicted molar refractivity (Wildman–Crippen MR) is 78.0 cm³/mol. The van der Waals surface area contributed by atoms with Gasteiger partial charge in [0.05, 0.1) is 12.6 Å². The molecule has 0 saturated carbocycles. The molecule has 1 heterocycles. The molecule has 1 aromatic carbocycles. The molecule has 104 valence electrons. The van der Waals surface area contributed by atoms with E-state index < -0.39 is 0 Å². The lowest BCUT2D eigenvalue weighted by Gasteiger charge is -2.06. The number of benzene rings is 1. The van der Waals surface area contributed by atoms with Gasteiger partial charge in [0.25, 0.3) is 0 Å². The minimum atomic E-state index is 0.287. The van der Waals surface area contributed by atoms with Gasteiger partial charge in [-0.25, -0.2) is 4.99 Å². The molecular formula is C16H23NO2. The molecule has 0 amide bonds. The van der Waals surface area contributed by atoms with E-state index in [0.29, 0.717) is 12.5 Å². The zero-order chi connectivity index (χ0) is 13.7. The molecule has 0 spiro atoms. The Bertz CT molecular complexity index is 423. The smallest absolute Gasteiger partial charge is 0.216 e. The molecule has 1 aliphatic heterocycles. The van der Waals surface area contributed by atoms with Gasteiger partial charge in [-0.3, -0.25) is 0 Å². The Labute approximate surface area is 115 Å². The van der Waals surface area contributed by atoms with Crippen LogP contribution in [0.4, 0.5) is 0 Å². The van der Waals surface area contributed by atoms with E-state index in [0.717, 1.165) is 36.7 Å². The van der Waals surface area contributed by atoms with E-state index in [1.807, 2.05) is 24.3 Å². The molecule has 2 rings (SSSR count). The summed E-state index contributed by atoms with van der Waals surface area (Å²) in [4.78, 5) is 4.62. The monoisotopic (exact) mass is 261 g/mol. The van der Waals surface area contributed by atoms with Gasteiger partial charge in [0.15, 0.2) is 0 Å². The minimum absolute atomic E-state index is 0.287. The van der Waals surface area contributed by atoms with Gasteiger partial charge in [0.1, 0.15) is 12.4 Å². The molecule has 0 bridgehead atoms. The maximum Gasteiger partial charge on any atom is 0.216 e. The Morgan fingerprint density at radius 1 is 1.32 bits per heavy atom. The topological polar surface area (TPSA) is 30.8 Å². The van der Waals surface area contributed by atoms with E-state index in [4.69, 9.17) is 9.47 Å². The predicted octanol–water partition coefficient (Wildman–Crippen LogP) is 3.67. The molecule has 3 heteroatoms. The maximum absolute atomic E-state index is 5.66. The molecule has 0 N–H and O–H groups in total. The molecule has 1 aliphatic rings. The first-order chi connectivity index (χ1) is 9.20. The second kappa shape index (κ2) is 6.60. The quantitative estimate of drug-likeness (QED) is 0.732. The van der Waals surface area contributed by atoms with E-state index in [9.17, 15) is 0 Å². The zero-order valence-electron chi connectivity index (χ0n) is 12.1. The van der Waals surface area contributed by atoms with Crippen LogP contribution in [0, 0.1) is 5.92 Å². The lowest BCUT2D eigenvalue weighted by atomic mass is 10.1. The third kappa shape index (κ3) is 3.72. The molecule has 19 heavy (non-hydrogen) atoms. The summed E-state index contributed by atoms with van der Waals surface area (Å²) >= 11 is 0. The Morgan fingerprint density at radius 3 is 2.63 bits per heavy atom. The SMILES string of the molecule is CCCCOc1ccc(C2=N[C@@H](C(C)C)CO2)cc1. The van der Waals surface area contributed by atoms with Crippen molar-refractivity contribution in [3.8, 4) is 5.75 Å². The molecule has 1 aromatic rings. The largest absolute Gasteiger partial charge is 0.494 e. The summed E-state index contributed by atoms with van der Waals surface area (Å²) in [6.07, 6.45) is 2.24. The molecule has 0 unspecified atom stereocenters. The third-order valence-electron chi connectivity index (χ3n) is 3.31. The van der Waals surface area contributed by atoms with Crippen LogP contribution in [0.25, 0.3) is 0 Å². The number of unbranched alkanes of at least 4 members (excludes halogenated alkanes) is 1. The highest BCUT2D eigenvalue weighted by atomic mass is 16.5. The third-order valence-corrected chi connectivity index (χ3v) is 3.31. The second-order valence-electron chi connectivity index (χ2n) is 5.28. The summed E-state index contributed by atoms with van der Waals surface area (Å²) < 4.78 is 11.3. The van der Waals surface area contributed by atoms with Gasteiger partial charge in [0, 0.05) is 5.56 Å². The van der Waals surface area contributed by atoms with Gasteiger partial charge in [-0.05, 0) is 36.6 Å². The maximum atomic E-state index is 5.66. The highest BCUT2D eigenvalue weighted by Crippen LogP contribution is 2.19. The first-order valence-corrected chi connectivity index (χ1v) is 7.14. The van der Waals surface area contributed by atoms with Gasteiger partial charge < -0.3 is 9.47 Å². The van der Waals surface area contributed by atoms with Crippen molar-refractivity contribution in [3.63, 3.8) is 0 Å². The fraction of sp³-hybridized carbons (Fsp3) is 0.562. The molecule has 0 aliphatic carbocycles. The second-order valence-corrected chi connectivity index (χ2v) is 5.28. The van der Waals surface area contributed by atoms with Crippen LogP contribution in [0.3, 0.4) is 0 Å². The van der Waals surface area contributed by atoms with Crippen LogP contribution in [0.1, 0.15) is 39.2 Å². The summed E-state index contributed by atoms with van der Waals surface area (Å²) in [5, 5.41) is 0. The molecule has 1 atom stereocenters. The highest BCUT2D eigenvalue weighted by molar-refractivity contribution is 5.95. The van der Waals surface area contributed by atoms with E-state index >= 15 is 0 Å². The van der Waals surface area contributed by atoms with Crippen LogP contribution in [0.15, 0.2) is 29.3 Å². The summed E-state index contributed by atoms with van der Waals surface area (Å²) in [7, 11) is 0. The zero-order valence-corrected chi connectivity index (χ0v) is 12.1. The first-order valence-electron chi connectivity index (χ1n) is 7.14. The van der Waals surface area contributed by atoms with Crippen molar-refractivity contribution in [2.24, 2.45) is 10.9 Å². The average Bonchev–Trinajstić information content (AvgIpc) is 2.90. The van der Waals surface area contributed by atoms with E-state index in [-0.39, 0.29) is 6.04 Å². The Morgan fingerprint density at radius 2 is 2.05 bits per heavy atom. The summed E-state index contributed by atoms with van der Waals surface area (Å²) in [5.41, 5.74) is 1.03. The van der Waals surface area contributed by atoms with Gasteiger partial charge in [0.2, 0.25) is 5.90 Å². The molecule has 0 radical (unpaired) electrons.